The lowest BCUT2D eigenvalue weighted by Gasteiger charge is -2.14. The third kappa shape index (κ3) is 5.33. The van der Waals surface area contributed by atoms with Crippen molar-refractivity contribution in [1.29, 1.82) is 0 Å². The first-order chi connectivity index (χ1) is 13.2. The van der Waals surface area contributed by atoms with Crippen molar-refractivity contribution in [3.05, 3.63) is 55.8 Å². The molecule has 0 fully saturated rings. The van der Waals surface area contributed by atoms with Crippen LogP contribution in [0.5, 0.6) is 0 Å². The van der Waals surface area contributed by atoms with Gasteiger partial charge in [0.2, 0.25) is 5.95 Å². The van der Waals surface area contributed by atoms with E-state index in [4.69, 9.17) is 0 Å². The molecule has 148 valence electrons. The Bertz CT molecular complexity index is 884. The Balaban J connectivity index is 1.99. The molecule has 1 aromatic carbocycles. The molecule has 0 radical (unpaired) electrons. The molecule has 0 unspecified atom stereocenters. The monoisotopic (exact) mass is 389 g/mol. The van der Waals surface area contributed by atoms with Gasteiger partial charge in [0.05, 0.1) is 21.5 Å². The van der Waals surface area contributed by atoms with Gasteiger partial charge in [-0.1, -0.05) is 0 Å². The second-order valence-corrected chi connectivity index (χ2v) is 6.02. The quantitative estimate of drug-likeness (QED) is 0.388. The van der Waals surface area contributed by atoms with Gasteiger partial charge in [0.15, 0.2) is 0 Å². The minimum atomic E-state index is -0.789. The van der Waals surface area contributed by atoms with Crippen LogP contribution in [-0.4, -0.2) is 52.9 Å². The van der Waals surface area contributed by atoms with Crippen molar-refractivity contribution in [2.45, 2.75) is 6.92 Å². The molecule has 0 aliphatic carbocycles. The van der Waals surface area contributed by atoms with E-state index in [0.717, 1.165) is 29.7 Å². The zero-order valence-electron chi connectivity index (χ0n) is 15.5. The highest BCUT2D eigenvalue weighted by Gasteiger charge is 2.19. The number of hydrogen-bond donors (Lipinski definition) is 2. The van der Waals surface area contributed by atoms with Gasteiger partial charge in [0, 0.05) is 51.1 Å². The molecule has 12 heteroatoms. The first kappa shape index (κ1) is 20.5. The Labute approximate surface area is 159 Å². The molecule has 0 saturated heterocycles. The average molecular weight is 389 g/mol. The zero-order valence-corrected chi connectivity index (χ0v) is 15.5. The Morgan fingerprint density at radius 3 is 2.18 bits per heavy atom. The van der Waals surface area contributed by atoms with E-state index in [1.807, 2.05) is 32.0 Å². The first-order valence-electron chi connectivity index (χ1n) is 8.16. The van der Waals surface area contributed by atoms with Gasteiger partial charge in [-0.05, 0) is 6.92 Å². The molecule has 0 aliphatic heterocycles. The lowest BCUT2D eigenvalue weighted by atomic mass is 10.1. The smallest absolute Gasteiger partial charge is 0.277 e. The van der Waals surface area contributed by atoms with Crippen molar-refractivity contribution >= 4 is 29.0 Å². The van der Waals surface area contributed by atoms with Crippen LogP contribution in [0.15, 0.2) is 24.3 Å². The Hall–Kier alpha value is -3.83. The largest absolute Gasteiger partial charge is 0.363 e. The maximum absolute atomic E-state index is 12.2. The first-order valence-corrected chi connectivity index (χ1v) is 8.16. The van der Waals surface area contributed by atoms with E-state index in [9.17, 15) is 25.0 Å². The van der Waals surface area contributed by atoms with Crippen molar-refractivity contribution < 1.29 is 14.6 Å². The fourth-order valence-electron chi connectivity index (χ4n) is 2.25. The number of hydrogen-bond acceptors (Lipinski definition) is 9. The third-order valence-corrected chi connectivity index (χ3v) is 3.58. The Morgan fingerprint density at radius 1 is 1.04 bits per heavy atom. The average Bonchev–Trinajstić information content (AvgIpc) is 2.64. The van der Waals surface area contributed by atoms with E-state index in [1.54, 1.807) is 0 Å². The highest BCUT2D eigenvalue weighted by molar-refractivity contribution is 5.95. The van der Waals surface area contributed by atoms with Gasteiger partial charge in [0.25, 0.3) is 17.3 Å². The van der Waals surface area contributed by atoms with E-state index in [-0.39, 0.29) is 12.1 Å². The van der Waals surface area contributed by atoms with E-state index in [1.165, 1.54) is 0 Å². The standard InChI is InChI=1S/C16H19N7O5/c1-10-6-14(21(2)3)20-16(19-10)18-5-4-17-15(24)11-7-12(22(25)26)9-13(8-11)23(27)28/h6-9H,4-5H2,1-3H3,(H,17,24)(H,18,19,20). The number of nitro groups is 2. The summed E-state index contributed by atoms with van der Waals surface area (Å²) in [5, 5.41) is 27.3. The molecule has 0 bridgehead atoms. The molecule has 0 saturated carbocycles. The summed E-state index contributed by atoms with van der Waals surface area (Å²) in [6.45, 7) is 2.28. The molecular weight excluding hydrogens is 370 g/mol. The summed E-state index contributed by atoms with van der Waals surface area (Å²) < 4.78 is 0. The van der Waals surface area contributed by atoms with Crippen molar-refractivity contribution in [3.8, 4) is 0 Å². The molecule has 1 heterocycles. The van der Waals surface area contributed by atoms with Gasteiger partial charge >= 0.3 is 0 Å². The van der Waals surface area contributed by atoms with E-state index >= 15 is 0 Å². The van der Waals surface area contributed by atoms with Crippen molar-refractivity contribution in [3.63, 3.8) is 0 Å². The molecule has 12 nitrogen and oxygen atoms in total. The molecule has 0 aliphatic rings. The van der Waals surface area contributed by atoms with Gasteiger partial charge in [-0.15, -0.1) is 0 Å². The summed E-state index contributed by atoms with van der Waals surface area (Å²) >= 11 is 0. The predicted octanol–water partition coefficient (Wildman–Crippen LogP) is 1.51. The number of benzene rings is 1. The summed E-state index contributed by atoms with van der Waals surface area (Å²) in [5.74, 6) is 0.458. The maximum Gasteiger partial charge on any atom is 0.277 e. The number of amides is 1. The van der Waals surface area contributed by atoms with Crippen LogP contribution >= 0.6 is 0 Å². The number of nitrogens with one attached hydrogen (secondary N) is 2. The van der Waals surface area contributed by atoms with Crippen LogP contribution in [0.2, 0.25) is 0 Å². The number of aromatic nitrogens is 2. The SMILES string of the molecule is Cc1cc(N(C)C)nc(NCCNC(=O)c2cc([N+](=O)[O-])cc([N+](=O)[O-])c2)n1. The van der Waals surface area contributed by atoms with E-state index < -0.39 is 27.1 Å². The van der Waals surface area contributed by atoms with Crippen LogP contribution in [0.3, 0.4) is 0 Å². The number of carbonyl (C=O) groups excluding carboxylic acids is 1. The number of rotatable bonds is 8. The van der Waals surface area contributed by atoms with Crippen molar-refractivity contribution in [1.82, 2.24) is 15.3 Å². The van der Waals surface area contributed by atoms with Crippen molar-refractivity contribution in [2.75, 3.05) is 37.4 Å². The topological polar surface area (TPSA) is 156 Å². The van der Waals surface area contributed by atoms with E-state index in [0.29, 0.717) is 12.5 Å². The number of carbonyl (C=O) groups is 1. The van der Waals surface area contributed by atoms with Crippen molar-refractivity contribution in [2.24, 2.45) is 0 Å². The lowest BCUT2D eigenvalue weighted by Crippen LogP contribution is -2.29. The zero-order chi connectivity index (χ0) is 20.8. The molecule has 28 heavy (non-hydrogen) atoms. The van der Waals surface area contributed by atoms with E-state index in [2.05, 4.69) is 20.6 Å². The minimum absolute atomic E-state index is 0.157. The fourth-order valence-corrected chi connectivity index (χ4v) is 2.25. The molecule has 1 amide bonds. The lowest BCUT2D eigenvalue weighted by molar-refractivity contribution is -0.394. The number of aryl methyl sites for hydroxylation is 1. The van der Waals surface area contributed by atoms with Crippen LogP contribution in [0.1, 0.15) is 16.1 Å². The Morgan fingerprint density at radius 2 is 1.64 bits per heavy atom. The van der Waals surface area contributed by atoms with Gasteiger partial charge in [0.1, 0.15) is 5.82 Å². The molecule has 2 rings (SSSR count). The van der Waals surface area contributed by atoms with Gasteiger partial charge in [-0.2, -0.15) is 4.98 Å². The number of anilines is 2. The number of non-ortho nitro benzene ring substituents is 2. The summed E-state index contributed by atoms with van der Waals surface area (Å²) in [4.78, 5) is 42.8. The summed E-state index contributed by atoms with van der Waals surface area (Å²) in [6.07, 6.45) is 0. The molecular formula is C16H19N7O5. The molecule has 1 aromatic heterocycles. The summed E-state index contributed by atoms with van der Waals surface area (Å²) in [5.41, 5.74) is -0.444. The third-order valence-electron chi connectivity index (χ3n) is 3.58. The second kappa shape index (κ2) is 8.70. The molecule has 0 atom stereocenters. The van der Waals surface area contributed by atoms with Crippen LogP contribution in [0, 0.1) is 27.2 Å². The second-order valence-electron chi connectivity index (χ2n) is 6.02. The normalized spacial score (nSPS) is 10.2. The molecule has 2 N–H and O–H groups in total. The minimum Gasteiger partial charge on any atom is -0.363 e. The highest BCUT2D eigenvalue weighted by atomic mass is 16.6. The number of nitrogens with zero attached hydrogens (tertiary/aromatic N) is 5. The van der Waals surface area contributed by atoms with Crippen LogP contribution in [-0.2, 0) is 0 Å². The highest BCUT2D eigenvalue weighted by Crippen LogP contribution is 2.22. The van der Waals surface area contributed by atoms with Crippen LogP contribution < -0.4 is 15.5 Å². The molecule has 0 spiro atoms. The predicted molar refractivity (Wildman–Crippen MR) is 102 cm³/mol. The van der Waals surface area contributed by atoms with Gasteiger partial charge in [-0.25, -0.2) is 4.98 Å². The summed E-state index contributed by atoms with van der Waals surface area (Å²) in [7, 11) is 3.70. The van der Waals surface area contributed by atoms with Crippen LogP contribution in [0.4, 0.5) is 23.1 Å². The Kier molecular flexibility index (Phi) is 6.37. The fraction of sp³-hybridized carbons (Fsp3) is 0.312. The van der Waals surface area contributed by atoms with Crippen LogP contribution in [0.25, 0.3) is 0 Å². The van der Waals surface area contributed by atoms with Gasteiger partial charge < -0.3 is 15.5 Å². The molecule has 2 aromatic rings. The van der Waals surface area contributed by atoms with Gasteiger partial charge in [-0.3, -0.25) is 25.0 Å². The number of nitro benzene ring substituents is 2. The summed E-state index contributed by atoms with van der Waals surface area (Å²) in [6, 6.07) is 4.60. The maximum atomic E-state index is 12.2.